The zero-order valence-corrected chi connectivity index (χ0v) is 11.8. The highest BCUT2D eigenvalue weighted by Crippen LogP contribution is 2.27. The first-order valence-electron chi connectivity index (χ1n) is 6.51. The van der Waals surface area contributed by atoms with Gasteiger partial charge in [0.05, 0.1) is 17.1 Å². The maximum absolute atomic E-state index is 13.7. The Hall–Kier alpha value is -3.82. The Morgan fingerprint density at radius 1 is 0.783 bits per heavy atom. The van der Waals surface area contributed by atoms with Gasteiger partial charge in [-0.2, -0.15) is 15.8 Å². The monoisotopic (exact) mass is 303 g/mol. The smallest absolute Gasteiger partial charge is 0.163 e. The second-order valence-electron chi connectivity index (χ2n) is 4.36. The first kappa shape index (κ1) is 15.6. The number of nitrogens with zero attached hydrogens (tertiary/aromatic N) is 3. The summed E-state index contributed by atoms with van der Waals surface area (Å²) in [6.07, 6.45) is 0. The summed E-state index contributed by atoms with van der Waals surface area (Å²) in [6, 6.07) is 18.0. The first-order valence-corrected chi connectivity index (χ1v) is 6.51. The third-order valence-corrected chi connectivity index (χ3v) is 2.92. The summed E-state index contributed by atoms with van der Waals surface area (Å²) in [7, 11) is 0. The number of nitrogens with one attached hydrogen (secondary N) is 2. The molecule has 0 atom stereocenters. The Labute approximate surface area is 132 Å². The largest absolute Gasteiger partial charge is 0.351 e. The quantitative estimate of drug-likeness (QED) is 0.837. The molecular weight excluding hydrogens is 293 g/mol. The molecule has 0 aliphatic heterocycles. The standard InChI is InChI=1S/C17H10FN5/c18-13-5-1-2-6-14(13)22-15-7-3-4-8-16(15)23-17(11-21)12(9-19)10-20/h1-8,22-23H. The number of hydrogen-bond acceptors (Lipinski definition) is 5. The molecule has 0 radical (unpaired) electrons. The van der Waals surface area contributed by atoms with E-state index in [-0.39, 0.29) is 17.0 Å². The van der Waals surface area contributed by atoms with Gasteiger partial charge in [-0.15, -0.1) is 0 Å². The Morgan fingerprint density at radius 2 is 1.35 bits per heavy atom. The minimum absolute atomic E-state index is 0.169. The number of para-hydroxylation sites is 3. The van der Waals surface area contributed by atoms with E-state index in [1.807, 2.05) is 0 Å². The average molecular weight is 303 g/mol. The third-order valence-electron chi connectivity index (χ3n) is 2.92. The lowest BCUT2D eigenvalue weighted by Crippen LogP contribution is -2.04. The molecule has 0 amide bonds. The van der Waals surface area contributed by atoms with E-state index >= 15 is 0 Å². The summed E-state index contributed by atoms with van der Waals surface area (Å²) in [6.45, 7) is 0. The predicted molar refractivity (Wildman–Crippen MR) is 83.6 cm³/mol. The SMILES string of the molecule is N#CC(C#N)=C(C#N)Nc1ccccc1Nc1ccccc1F. The van der Waals surface area contributed by atoms with Crippen molar-refractivity contribution in [2.24, 2.45) is 0 Å². The van der Waals surface area contributed by atoms with Crippen LogP contribution in [0.5, 0.6) is 0 Å². The van der Waals surface area contributed by atoms with Gasteiger partial charge in [-0.05, 0) is 24.3 Å². The van der Waals surface area contributed by atoms with Crippen LogP contribution in [0, 0.1) is 39.8 Å². The van der Waals surface area contributed by atoms with Crippen molar-refractivity contribution in [2.45, 2.75) is 0 Å². The van der Waals surface area contributed by atoms with Crippen LogP contribution in [0.1, 0.15) is 0 Å². The second kappa shape index (κ2) is 7.26. The van der Waals surface area contributed by atoms with Gasteiger partial charge >= 0.3 is 0 Å². The maximum atomic E-state index is 13.7. The van der Waals surface area contributed by atoms with Crippen molar-refractivity contribution in [3.63, 3.8) is 0 Å². The lowest BCUT2D eigenvalue weighted by molar-refractivity contribution is 0.632. The normalized spacial score (nSPS) is 8.96. The van der Waals surface area contributed by atoms with E-state index in [9.17, 15) is 4.39 Å². The average Bonchev–Trinajstić information content (AvgIpc) is 2.58. The second-order valence-corrected chi connectivity index (χ2v) is 4.36. The molecular formula is C17H10FN5. The van der Waals surface area contributed by atoms with Crippen molar-refractivity contribution in [1.29, 1.82) is 15.8 Å². The third kappa shape index (κ3) is 3.64. The highest BCUT2D eigenvalue weighted by atomic mass is 19.1. The molecule has 2 aromatic carbocycles. The molecule has 0 fully saturated rings. The van der Waals surface area contributed by atoms with Gasteiger partial charge in [-0.3, -0.25) is 0 Å². The number of nitriles is 3. The number of anilines is 3. The van der Waals surface area contributed by atoms with E-state index in [4.69, 9.17) is 15.8 Å². The van der Waals surface area contributed by atoms with Crippen molar-refractivity contribution < 1.29 is 4.39 Å². The number of benzene rings is 2. The first-order chi connectivity index (χ1) is 11.2. The Balaban J connectivity index is 2.38. The molecule has 0 aromatic heterocycles. The summed E-state index contributed by atoms with van der Waals surface area (Å²) in [5.74, 6) is -0.423. The number of hydrogen-bond donors (Lipinski definition) is 2. The fourth-order valence-electron chi connectivity index (χ4n) is 1.83. The summed E-state index contributed by atoms with van der Waals surface area (Å²) >= 11 is 0. The van der Waals surface area contributed by atoms with E-state index in [1.54, 1.807) is 60.7 Å². The van der Waals surface area contributed by atoms with Gasteiger partial charge in [0.25, 0.3) is 0 Å². The van der Waals surface area contributed by atoms with Crippen LogP contribution in [-0.4, -0.2) is 0 Å². The lowest BCUT2D eigenvalue weighted by Gasteiger charge is -2.13. The molecule has 0 saturated heterocycles. The minimum Gasteiger partial charge on any atom is -0.351 e. The van der Waals surface area contributed by atoms with Crippen LogP contribution in [-0.2, 0) is 0 Å². The van der Waals surface area contributed by atoms with Crippen molar-refractivity contribution in [3.05, 3.63) is 65.6 Å². The van der Waals surface area contributed by atoms with Crippen LogP contribution in [0.3, 0.4) is 0 Å². The molecule has 2 aromatic rings. The fraction of sp³-hybridized carbons (Fsp3) is 0. The molecule has 0 saturated carbocycles. The van der Waals surface area contributed by atoms with Gasteiger partial charge in [-0.25, -0.2) is 4.39 Å². The molecule has 0 aliphatic rings. The van der Waals surface area contributed by atoms with Gasteiger partial charge in [0.1, 0.15) is 29.7 Å². The van der Waals surface area contributed by atoms with Gasteiger partial charge in [0, 0.05) is 0 Å². The topological polar surface area (TPSA) is 95.4 Å². The summed E-state index contributed by atoms with van der Waals surface area (Å²) in [4.78, 5) is 0. The molecule has 0 unspecified atom stereocenters. The number of allylic oxidation sites excluding steroid dienone is 2. The predicted octanol–water partition coefficient (Wildman–Crippen LogP) is 3.81. The van der Waals surface area contributed by atoms with Gasteiger partial charge < -0.3 is 10.6 Å². The van der Waals surface area contributed by atoms with Crippen LogP contribution >= 0.6 is 0 Å². The molecule has 0 heterocycles. The zero-order valence-electron chi connectivity index (χ0n) is 11.8. The summed E-state index contributed by atoms with van der Waals surface area (Å²) in [5, 5.41) is 32.4. The van der Waals surface area contributed by atoms with E-state index in [2.05, 4.69) is 10.6 Å². The highest BCUT2D eigenvalue weighted by molar-refractivity contribution is 5.77. The molecule has 6 heteroatoms. The van der Waals surface area contributed by atoms with Gasteiger partial charge in [0.15, 0.2) is 5.57 Å². The maximum Gasteiger partial charge on any atom is 0.163 e. The molecule has 0 bridgehead atoms. The number of halogens is 1. The molecule has 0 aliphatic carbocycles. The number of rotatable bonds is 4. The van der Waals surface area contributed by atoms with E-state index in [0.717, 1.165) is 0 Å². The Morgan fingerprint density at radius 3 is 1.91 bits per heavy atom. The fourth-order valence-corrected chi connectivity index (χ4v) is 1.83. The molecule has 23 heavy (non-hydrogen) atoms. The molecule has 5 nitrogen and oxygen atoms in total. The Bertz CT molecular complexity index is 865. The van der Waals surface area contributed by atoms with E-state index < -0.39 is 5.82 Å². The summed E-state index contributed by atoms with van der Waals surface area (Å²) in [5.41, 5.74) is 0.715. The van der Waals surface area contributed by atoms with Crippen LogP contribution < -0.4 is 10.6 Å². The van der Waals surface area contributed by atoms with Crippen LogP contribution in [0.15, 0.2) is 59.8 Å². The summed E-state index contributed by atoms with van der Waals surface area (Å²) < 4.78 is 13.7. The van der Waals surface area contributed by atoms with Gasteiger partial charge in [-0.1, -0.05) is 24.3 Å². The lowest BCUT2D eigenvalue weighted by atomic mass is 10.2. The Kier molecular flexibility index (Phi) is 4.92. The zero-order chi connectivity index (χ0) is 16.7. The van der Waals surface area contributed by atoms with Crippen LogP contribution in [0.4, 0.5) is 21.5 Å². The van der Waals surface area contributed by atoms with E-state index in [0.29, 0.717) is 11.4 Å². The molecule has 2 rings (SSSR count). The van der Waals surface area contributed by atoms with Gasteiger partial charge in [0.2, 0.25) is 0 Å². The van der Waals surface area contributed by atoms with Crippen LogP contribution in [0.2, 0.25) is 0 Å². The molecule has 2 N–H and O–H groups in total. The van der Waals surface area contributed by atoms with Crippen molar-refractivity contribution in [1.82, 2.24) is 0 Å². The molecule has 110 valence electrons. The highest BCUT2D eigenvalue weighted by Gasteiger charge is 2.10. The van der Waals surface area contributed by atoms with Crippen LogP contribution in [0.25, 0.3) is 0 Å². The van der Waals surface area contributed by atoms with E-state index in [1.165, 1.54) is 6.07 Å². The van der Waals surface area contributed by atoms with Crippen molar-refractivity contribution in [3.8, 4) is 18.2 Å². The molecule has 0 spiro atoms. The minimum atomic E-state index is -0.423. The van der Waals surface area contributed by atoms with Crippen molar-refractivity contribution in [2.75, 3.05) is 10.6 Å². The van der Waals surface area contributed by atoms with Crippen molar-refractivity contribution >= 4 is 17.1 Å².